The number of nitrogens with one attached hydrogen (secondary N) is 1. The fraction of sp³-hybridized carbons (Fsp3) is 0.857. The number of cyclic esters (lactones) is 1. The SMILES string of the molecule is CC[C@H]1OC(=O)[C@H](C)C(=O)[C@H](C)[C@@H](O[C@@H]2O[C@H](C)C[C@H](N(C)C)[C@H]2O)[C@@]2(C)C[C@@H](C)/C(=N\C(C)=O)[C@H](C)[C@@H](CCC(=N)CO2)[C@]1(C)O. The lowest BCUT2D eigenvalue weighted by molar-refractivity contribution is -0.296. The Hall–Kier alpha value is -2.09. The molecule has 3 saturated heterocycles. The van der Waals surface area contributed by atoms with Crippen molar-refractivity contribution in [3.8, 4) is 0 Å². The molecule has 3 aliphatic rings. The van der Waals surface area contributed by atoms with Crippen molar-refractivity contribution in [2.75, 3.05) is 20.7 Å². The number of carbonyl (C=O) groups is 3. The van der Waals surface area contributed by atoms with E-state index >= 15 is 0 Å². The van der Waals surface area contributed by atoms with Gasteiger partial charge in [0.2, 0.25) is 5.91 Å². The van der Waals surface area contributed by atoms with E-state index in [1.165, 1.54) is 13.8 Å². The van der Waals surface area contributed by atoms with Crippen LogP contribution in [0.3, 0.4) is 0 Å². The summed E-state index contributed by atoms with van der Waals surface area (Å²) < 4.78 is 25.3. The summed E-state index contributed by atoms with van der Waals surface area (Å²) in [5, 5.41) is 32.4. The molecule has 1 amide bonds. The Morgan fingerprint density at radius 2 is 1.77 bits per heavy atom. The maximum Gasteiger partial charge on any atom is 0.316 e. The second-order valence-corrected chi connectivity index (χ2v) is 14.9. The van der Waals surface area contributed by atoms with Crippen molar-refractivity contribution in [3.05, 3.63) is 0 Å². The summed E-state index contributed by atoms with van der Waals surface area (Å²) in [6, 6.07) is -0.276. The molecule has 0 aromatic carbocycles. The number of aliphatic imine (C=N–C) groups is 1. The van der Waals surface area contributed by atoms with Crippen LogP contribution >= 0.6 is 0 Å². The predicted molar refractivity (Wildman–Crippen MR) is 177 cm³/mol. The molecular formula is C35H59N3O9. The lowest BCUT2D eigenvalue weighted by Gasteiger charge is -2.47. The van der Waals surface area contributed by atoms with Gasteiger partial charge in [-0.15, -0.1) is 0 Å². The van der Waals surface area contributed by atoms with Crippen molar-refractivity contribution >= 4 is 29.1 Å². The summed E-state index contributed by atoms with van der Waals surface area (Å²) in [4.78, 5) is 46.8. The van der Waals surface area contributed by atoms with Crippen LogP contribution in [-0.4, -0.2) is 113 Å². The highest BCUT2D eigenvalue weighted by molar-refractivity contribution is 6.00. The summed E-state index contributed by atoms with van der Waals surface area (Å²) >= 11 is 0. The van der Waals surface area contributed by atoms with Gasteiger partial charge < -0.3 is 39.5 Å². The topological polar surface area (TPSA) is 168 Å². The van der Waals surface area contributed by atoms with Crippen LogP contribution in [0.4, 0.5) is 0 Å². The number of hydrogen-bond donors (Lipinski definition) is 3. The average molecular weight is 666 g/mol. The second kappa shape index (κ2) is 15.6. The first-order chi connectivity index (χ1) is 21.7. The van der Waals surface area contributed by atoms with Crippen molar-refractivity contribution in [1.29, 1.82) is 5.41 Å². The monoisotopic (exact) mass is 665 g/mol. The molecule has 3 rings (SSSR count). The summed E-state index contributed by atoms with van der Waals surface area (Å²) in [7, 11) is 3.74. The van der Waals surface area contributed by atoms with Crippen LogP contribution in [0, 0.1) is 35.0 Å². The van der Waals surface area contributed by atoms with Crippen molar-refractivity contribution in [2.45, 2.75) is 142 Å². The molecule has 3 heterocycles. The van der Waals surface area contributed by atoms with Crippen molar-refractivity contribution < 1.29 is 43.5 Å². The van der Waals surface area contributed by atoms with Crippen LogP contribution < -0.4 is 0 Å². The molecule has 0 saturated carbocycles. The number of fused-ring (bicyclic) bond motifs is 5. The Morgan fingerprint density at radius 1 is 1.13 bits per heavy atom. The lowest BCUT2D eigenvalue weighted by Crippen LogP contribution is -2.59. The van der Waals surface area contributed by atoms with Crippen molar-refractivity contribution in [3.63, 3.8) is 0 Å². The van der Waals surface area contributed by atoms with Crippen LogP contribution in [0.5, 0.6) is 0 Å². The number of aliphatic hydroxyl groups excluding tert-OH is 1. The summed E-state index contributed by atoms with van der Waals surface area (Å²) in [5.41, 5.74) is -2.02. The molecule has 0 radical (unpaired) electrons. The molecule has 268 valence electrons. The zero-order chi connectivity index (χ0) is 35.6. The van der Waals surface area contributed by atoms with Gasteiger partial charge in [0, 0.05) is 36.2 Å². The molecule has 0 aromatic rings. The third kappa shape index (κ3) is 8.75. The standard InChI is InChI=1S/C35H59N3O9/c1-12-27-35(9,43)25-14-13-24(36)17-44-34(8,16-18(2)28(20(25)4)37-23(7)39)31(21(5)29(40)22(6)32(42)46-27)47-33-30(41)26(38(10)11)15-19(3)45-33/h18-22,25-27,30-31,33,36,41,43H,12-17H2,1-11H3/b36-24?,37-28+/t18-,19-,20-,21+,22-,25-,26+,27-,30-,31-,33+,34-,35+/m1/s1. The zero-order valence-electron chi connectivity index (χ0n) is 30.2. The maximum absolute atomic E-state index is 14.2. The van der Waals surface area contributed by atoms with Gasteiger partial charge >= 0.3 is 5.97 Å². The number of ketones is 1. The molecule has 13 atom stereocenters. The summed E-state index contributed by atoms with van der Waals surface area (Å²) in [5.74, 6) is -5.16. The first-order valence-electron chi connectivity index (χ1n) is 17.2. The molecule has 0 aliphatic carbocycles. The normalized spacial score (nSPS) is 44.0. The molecule has 2 bridgehead atoms. The lowest BCUT2D eigenvalue weighted by atomic mass is 9.68. The Balaban J connectivity index is 2.29. The zero-order valence-corrected chi connectivity index (χ0v) is 30.2. The van der Waals surface area contributed by atoms with Crippen molar-refractivity contribution in [2.24, 2.45) is 34.6 Å². The molecule has 12 nitrogen and oxygen atoms in total. The highest BCUT2D eigenvalue weighted by Gasteiger charge is 2.52. The summed E-state index contributed by atoms with van der Waals surface area (Å²) in [6.07, 6.45) is -2.74. The minimum Gasteiger partial charge on any atom is -0.459 e. The molecule has 3 N–H and O–H groups in total. The van der Waals surface area contributed by atoms with Crippen LogP contribution in [0.25, 0.3) is 0 Å². The third-order valence-electron chi connectivity index (χ3n) is 10.8. The van der Waals surface area contributed by atoms with E-state index < -0.39 is 83.1 Å². The quantitative estimate of drug-likeness (QED) is 0.298. The highest BCUT2D eigenvalue weighted by Crippen LogP contribution is 2.42. The van der Waals surface area contributed by atoms with Gasteiger partial charge in [0.15, 0.2) is 12.1 Å². The van der Waals surface area contributed by atoms with Gasteiger partial charge in [-0.25, -0.2) is 4.99 Å². The van der Waals surface area contributed by atoms with Gasteiger partial charge in [0.1, 0.15) is 23.7 Å². The Morgan fingerprint density at radius 3 is 2.34 bits per heavy atom. The molecule has 3 aliphatic heterocycles. The van der Waals surface area contributed by atoms with Crippen LogP contribution in [0.15, 0.2) is 4.99 Å². The number of esters is 1. The smallest absolute Gasteiger partial charge is 0.316 e. The molecule has 0 aromatic heterocycles. The number of likely N-dealkylation sites (N-methyl/N-ethyl adjacent to an activating group) is 1. The average Bonchev–Trinajstić information content (AvgIpc) is 3.00. The molecule has 0 unspecified atom stereocenters. The number of nitrogens with zero attached hydrogens (tertiary/aromatic N) is 2. The van der Waals surface area contributed by atoms with Gasteiger partial charge in [-0.3, -0.25) is 14.4 Å². The number of aliphatic hydroxyl groups is 2. The van der Waals surface area contributed by atoms with Gasteiger partial charge in [0.05, 0.1) is 24.4 Å². The number of Topliss-reactive ketones (excluding diaryl/α,β-unsaturated/α-hetero) is 1. The van der Waals surface area contributed by atoms with E-state index in [1.807, 2.05) is 39.8 Å². The van der Waals surface area contributed by atoms with Crippen LogP contribution in [-0.2, 0) is 33.3 Å². The van der Waals surface area contributed by atoms with Gasteiger partial charge in [-0.05, 0) is 85.7 Å². The van der Waals surface area contributed by atoms with Gasteiger partial charge in [0.25, 0.3) is 0 Å². The molecular weight excluding hydrogens is 606 g/mol. The van der Waals surface area contributed by atoms with Gasteiger partial charge in [-0.2, -0.15) is 0 Å². The summed E-state index contributed by atoms with van der Waals surface area (Å²) in [6.45, 7) is 15.4. The minimum atomic E-state index is -1.57. The van der Waals surface area contributed by atoms with E-state index in [4.69, 9.17) is 24.4 Å². The van der Waals surface area contributed by atoms with E-state index in [-0.39, 0.29) is 43.7 Å². The number of amides is 1. The van der Waals surface area contributed by atoms with E-state index in [0.29, 0.717) is 18.6 Å². The fourth-order valence-corrected chi connectivity index (χ4v) is 8.07. The maximum atomic E-state index is 14.2. The third-order valence-corrected chi connectivity index (χ3v) is 10.8. The van der Waals surface area contributed by atoms with E-state index in [1.54, 1.807) is 27.7 Å². The van der Waals surface area contributed by atoms with Gasteiger partial charge in [-0.1, -0.05) is 27.7 Å². The molecule has 0 spiro atoms. The molecule has 12 heteroatoms. The predicted octanol–water partition coefficient (Wildman–Crippen LogP) is 3.58. The number of carbonyl (C=O) groups excluding carboxylic acids is 3. The van der Waals surface area contributed by atoms with E-state index in [9.17, 15) is 24.6 Å². The minimum absolute atomic E-state index is 0.0700. The number of rotatable bonds is 4. The highest BCUT2D eigenvalue weighted by atomic mass is 16.7. The largest absolute Gasteiger partial charge is 0.459 e. The van der Waals surface area contributed by atoms with Crippen molar-refractivity contribution in [1.82, 2.24) is 4.90 Å². The van der Waals surface area contributed by atoms with Crippen LogP contribution in [0.2, 0.25) is 0 Å². The molecule has 3 fully saturated rings. The number of ether oxygens (including phenoxy) is 4. The number of hydrogen-bond acceptors (Lipinski definition) is 11. The Labute approximate surface area is 280 Å². The fourth-order valence-electron chi connectivity index (χ4n) is 8.07. The first-order valence-corrected chi connectivity index (χ1v) is 17.2. The Bertz CT molecular complexity index is 1190. The van der Waals surface area contributed by atoms with Crippen LogP contribution in [0.1, 0.15) is 94.4 Å². The first kappa shape index (κ1) is 39.3. The molecule has 47 heavy (non-hydrogen) atoms. The Kier molecular flexibility index (Phi) is 13.1. The van der Waals surface area contributed by atoms with E-state index in [2.05, 4.69) is 4.99 Å². The second-order valence-electron chi connectivity index (χ2n) is 14.9. The van der Waals surface area contributed by atoms with E-state index in [0.717, 1.165) is 0 Å².